The summed E-state index contributed by atoms with van der Waals surface area (Å²) >= 11 is 12.0. The summed E-state index contributed by atoms with van der Waals surface area (Å²) in [5, 5.41) is 11.8. The van der Waals surface area contributed by atoms with Crippen molar-refractivity contribution in [3.8, 4) is 0 Å². The molecule has 0 aliphatic heterocycles. The molecule has 0 radical (unpaired) electrons. The van der Waals surface area contributed by atoms with E-state index < -0.39 is 0 Å². The van der Waals surface area contributed by atoms with Crippen molar-refractivity contribution in [2.45, 2.75) is 20.0 Å². The molecule has 2 aromatic heterocycles. The van der Waals surface area contributed by atoms with Crippen molar-refractivity contribution in [3.63, 3.8) is 0 Å². The lowest BCUT2D eigenvalue weighted by molar-refractivity contribution is -0.116. The fourth-order valence-electron chi connectivity index (χ4n) is 2.23. The Bertz CT molecular complexity index is 884. The molecular formula is C16H14Cl2FN5O. The van der Waals surface area contributed by atoms with Crippen LogP contribution in [0.5, 0.6) is 0 Å². The van der Waals surface area contributed by atoms with Gasteiger partial charge in [0, 0.05) is 12.4 Å². The molecule has 1 N–H and O–H groups in total. The lowest BCUT2D eigenvalue weighted by atomic mass is 10.2. The molecule has 25 heavy (non-hydrogen) atoms. The van der Waals surface area contributed by atoms with E-state index in [1.807, 2.05) is 0 Å². The van der Waals surface area contributed by atoms with E-state index in [4.69, 9.17) is 23.2 Å². The second kappa shape index (κ2) is 7.25. The molecule has 130 valence electrons. The van der Waals surface area contributed by atoms with Gasteiger partial charge in [0.25, 0.3) is 0 Å². The molecule has 3 aromatic rings. The zero-order valence-electron chi connectivity index (χ0n) is 13.2. The summed E-state index contributed by atoms with van der Waals surface area (Å²) in [5.74, 6) is -0.374. The molecule has 0 aliphatic carbocycles. The average molecular weight is 382 g/mol. The maximum absolute atomic E-state index is 12.9. The van der Waals surface area contributed by atoms with Crippen molar-refractivity contribution >= 4 is 34.9 Å². The molecule has 0 saturated carbocycles. The first-order chi connectivity index (χ1) is 11.9. The number of amides is 1. The highest BCUT2D eigenvalue weighted by Gasteiger charge is 2.12. The SMILES string of the molecule is Cc1nn(CC(=O)Nc2nn(Cc3ccc(F)cc3)cc2Cl)cc1Cl. The Hall–Kier alpha value is -2.38. The molecule has 9 heteroatoms. The molecular weight excluding hydrogens is 368 g/mol. The van der Waals surface area contributed by atoms with Gasteiger partial charge in [-0.05, 0) is 24.6 Å². The summed E-state index contributed by atoms with van der Waals surface area (Å²) in [5.41, 5.74) is 1.51. The van der Waals surface area contributed by atoms with E-state index in [0.29, 0.717) is 22.3 Å². The van der Waals surface area contributed by atoms with Gasteiger partial charge in [-0.15, -0.1) is 0 Å². The van der Waals surface area contributed by atoms with Crippen molar-refractivity contribution in [3.05, 3.63) is 63.8 Å². The lowest BCUT2D eigenvalue weighted by Crippen LogP contribution is -2.19. The van der Waals surface area contributed by atoms with Crippen molar-refractivity contribution < 1.29 is 9.18 Å². The molecule has 3 rings (SSSR count). The molecule has 1 amide bonds. The molecule has 0 saturated heterocycles. The highest BCUT2D eigenvalue weighted by molar-refractivity contribution is 6.33. The quantitative estimate of drug-likeness (QED) is 0.735. The molecule has 1 aromatic carbocycles. The van der Waals surface area contributed by atoms with E-state index in [1.165, 1.54) is 16.8 Å². The van der Waals surface area contributed by atoms with Gasteiger partial charge in [0.05, 0.1) is 17.3 Å². The monoisotopic (exact) mass is 381 g/mol. The topological polar surface area (TPSA) is 64.7 Å². The van der Waals surface area contributed by atoms with Crippen LogP contribution in [0.25, 0.3) is 0 Å². The molecule has 6 nitrogen and oxygen atoms in total. The van der Waals surface area contributed by atoms with Crippen LogP contribution in [0.15, 0.2) is 36.7 Å². The predicted molar refractivity (Wildman–Crippen MR) is 93.3 cm³/mol. The minimum absolute atomic E-state index is 0.00525. The van der Waals surface area contributed by atoms with Crippen LogP contribution in [0.2, 0.25) is 10.0 Å². The molecule has 0 bridgehead atoms. The molecule has 0 fully saturated rings. The van der Waals surface area contributed by atoms with Gasteiger partial charge in [0.2, 0.25) is 5.91 Å². The summed E-state index contributed by atoms with van der Waals surface area (Å²) in [4.78, 5) is 12.1. The number of carbonyl (C=O) groups excluding carboxylic acids is 1. The first-order valence-corrected chi connectivity index (χ1v) is 8.13. The fraction of sp³-hybridized carbons (Fsp3) is 0.188. The highest BCUT2D eigenvalue weighted by atomic mass is 35.5. The van der Waals surface area contributed by atoms with Crippen molar-refractivity contribution in [2.24, 2.45) is 0 Å². The van der Waals surface area contributed by atoms with Crippen LogP contribution in [0.3, 0.4) is 0 Å². The second-order valence-corrected chi connectivity index (χ2v) is 6.27. The summed E-state index contributed by atoms with van der Waals surface area (Å²) in [6, 6.07) is 6.07. The summed E-state index contributed by atoms with van der Waals surface area (Å²) < 4.78 is 15.9. The second-order valence-electron chi connectivity index (χ2n) is 5.46. The van der Waals surface area contributed by atoms with E-state index in [-0.39, 0.29) is 24.1 Å². The van der Waals surface area contributed by atoms with Gasteiger partial charge >= 0.3 is 0 Å². The number of aryl methyl sites for hydroxylation is 1. The lowest BCUT2D eigenvalue weighted by Gasteiger charge is -2.03. The number of hydrogen-bond donors (Lipinski definition) is 1. The van der Waals surface area contributed by atoms with Gasteiger partial charge in [-0.25, -0.2) is 4.39 Å². The number of rotatable bonds is 5. The van der Waals surface area contributed by atoms with E-state index in [9.17, 15) is 9.18 Å². The Morgan fingerprint density at radius 2 is 1.80 bits per heavy atom. The number of nitrogens with zero attached hydrogens (tertiary/aromatic N) is 4. The fourth-order valence-corrected chi connectivity index (χ4v) is 2.58. The van der Waals surface area contributed by atoms with Gasteiger partial charge in [-0.1, -0.05) is 35.3 Å². The van der Waals surface area contributed by atoms with E-state index >= 15 is 0 Å². The van der Waals surface area contributed by atoms with Gasteiger partial charge in [-0.2, -0.15) is 10.2 Å². The van der Waals surface area contributed by atoms with Gasteiger partial charge in [-0.3, -0.25) is 14.2 Å². The highest BCUT2D eigenvalue weighted by Crippen LogP contribution is 2.20. The predicted octanol–water partition coefficient (Wildman–Crippen LogP) is 3.52. The number of aromatic nitrogens is 4. The third-order valence-electron chi connectivity index (χ3n) is 3.42. The van der Waals surface area contributed by atoms with Crippen LogP contribution < -0.4 is 5.32 Å². The normalized spacial score (nSPS) is 10.9. The van der Waals surface area contributed by atoms with Crippen LogP contribution in [-0.2, 0) is 17.9 Å². The standard InChI is InChI=1S/C16H14Cl2FN5O/c1-10-13(17)7-24(21-10)9-15(25)20-16-14(18)8-23(22-16)6-11-2-4-12(19)5-3-11/h2-5,7-8H,6,9H2,1H3,(H,20,22,25). The Labute approximate surface area is 153 Å². The number of hydrogen-bond acceptors (Lipinski definition) is 3. The van der Waals surface area contributed by atoms with Crippen molar-refractivity contribution in [1.29, 1.82) is 0 Å². The van der Waals surface area contributed by atoms with Crippen molar-refractivity contribution in [1.82, 2.24) is 19.6 Å². The summed E-state index contributed by atoms with van der Waals surface area (Å²) in [7, 11) is 0. The largest absolute Gasteiger partial charge is 0.306 e. The third-order valence-corrected chi connectivity index (χ3v) is 4.07. The Balaban J connectivity index is 1.65. The maximum Gasteiger partial charge on any atom is 0.247 e. The first kappa shape index (κ1) is 17.4. The van der Waals surface area contributed by atoms with E-state index in [1.54, 1.807) is 36.1 Å². The van der Waals surface area contributed by atoms with Crippen LogP contribution >= 0.6 is 23.2 Å². The molecule has 0 unspecified atom stereocenters. The maximum atomic E-state index is 12.9. The Morgan fingerprint density at radius 1 is 1.12 bits per heavy atom. The number of nitrogens with one attached hydrogen (secondary N) is 1. The molecule has 0 atom stereocenters. The first-order valence-electron chi connectivity index (χ1n) is 7.37. The molecule has 2 heterocycles. The third kappa shape index (κ3) is 4.37. The number of anilines is 1. The molecule has 0 spiro atoms. The van der Waals surface area contributed by atoms with E-state index in [0.717, 1.165) is 5.56 Å². The minimum atomic E-state index is -0.326. The zero-order valence-corrected chi connectivity index (χ0v) is 14.7. The van der Waals surface area contributed by atoms with E-state index in [2.05, 4.69) is 15.5 Å². The van der Waals surface area contributed by atoms with Crippen molar-refractivity contribution in [2.75, 3.05) is 5.32 Å². The summed E-state index contributed by atoms with van der Waals surface area (Å²) in [6.45, 7) is 2.16. The van der Waals surface area contributed by atoms with Gasteiger partial charge < -0.3 is 5.32 Å². The van der Waals surface area contributed by atoms with Crippen LogP contribution in [0.4, 0.5) is 10.2 Å². The minimum Gasteiger partial charge on any atom is -0.306 e. The Morgan fingerprint density at radius 3 is 2.44 bits per heavy atom. The smallest absolute Gasteiger partial charge is 0.247 e. The number of benzene rings is 1. The number of carbonyl (C=O) groups is 1. The zero-order chi connectivity index (χ0) is 18.0. The van der Waals surface area contributed by atoms with Gasteiger partial charge in [0.1, 0.15) is 17.4 Å². The average Bonchev–Trinajstić information content (AvgIpc) is 3.04. The summed E-state index contributed by atoms with van der Waals surface area (Å²) in [6.07, 6.45) is 3.17. The van der Waals surface area contributed by atoms with Crippen LogP contribution in [0, 0.1) is 12.7 Å². The number of halogens is 3. The van der Waals surface area contributed by atoms with Crippen LogP contribution in [-0.4, -0.2) is 25.5 Å². The Kier molecular flexibility index (Phi) is 5.06. The van der Waals surface area contributed by atoms with Gasteiger partial charge in [0.15, 0.2) is 5.82 Å². The van der Waals surface area contributed by atoms with Crippen LogP contribution in [0.1, 0.15) is 11.3 Å². The molecule has 0 aliphatic rings.